The van der Waals surface area contributed by atoms with E-state index < -0.39 is 36.7 Å². The van der Waals surface area contributed by atoms with Gasteiger partial charge in [-0.1, -0.05) is 6.07 Å². The molecule has 2 aromatic heterocycles. The Kier molecular flexibility index (Phi) is 7.47. The van der Waals surface area contributed by atoms with Gasteiger partial charge in [-0.05, 0) is 44.0 Å². The topological polar surface area (TPSA) is 201 Å². The minimum absolute atomic E-state index is 0.00737. The second-order valence-electron chi connectivity index (χ2n) is 7.61. The van der Waals surface area contributed by atoms with Crippen molar-refractivity contribution in [3.05, 3.63) is 53.0 Å². The molecular weight excluding hydrogens is 474 g/mol. The van der Waals surface area contributed by atoms with Crippen LogP contribution in [0.3, 0.4) is 0 Å². The fourth-order valence-corrected chi connectivity index (χ4v) is 3.35. The van der Waals surface area contributed by atoms with E-state index in [1.807, 2.05) is 0 Å². The Bertz CT molecular complexity index is 1370. The lowest BCUT2D eigenvalue weighted by Crippen LogP contribution is -2.36. The Morgan fingerprint density at radius 1 is 1.17 bits per heavy atom. The fourth-order valence-electron chi connectivity index (χ4n) is 3.35. The zero-order chi connectivity index (χ0) is 26.6. The number of aryl methyl sites for hydroxylation is 2. The highest BCUT2D eigenvalue weighted by Gasteiger charge is 2.28. The van der Waals surface area contributed by atoms with Gasteiger partial charge in [0, 0.05) is 11.8 Å². The number of benzene rings is 1. The molecule has 4 amide bonds. The largest absolute Gasteiger partial charge is 0.426 e. The van der Waals surface area contributed by atoms with Crippen LogP contribution in [0.5, 0.6) is 0 Å². The van der Waals surface area contributed by atoms with Crippen molar-refractivity contribution in [2.24, 2.45) is 11.5 Å². The van der Waals surface area contributed by atoms with Crippen LogP contribution in [0.15, 0.2) is 30.7 Å². The number of rotatable bonds is 9. The lowest BCUT2D eigenvalue weighted by molar-refractivity contribution is -0.154. The Balaban J connectivity index is 2.09. The number of primary amides is 2. The first kappa shape index (κ1) is 25.6. The fraction of sp³-hybridized carbons (Fsp3) is 0.227. The highest BCUT2D eigenvalue weighted by molar-refractivity contribution is 6.04. The summed E-state index contributed by atoms with van der Waals surface area (Å²) in [4.78, 5) is 64.7. The standard InChI is InChI=1S/C22H23N7O7/c1-11-4-5-14(18(23)31)6-16(11)29(22(34)36-10-35-21(33)13(3)26-9-30)20-17-12(2)15(19(24)32)7-28(17)27-8-25-20/h4-9,13H,10H2,1-3H3,(H2,23,31)(H2,24,32)(H,26,30)/t13-/m0/s1. The summed E-state index contributed by atoms with van der Waals surface area (Å²) in [5, 5.41) is 6.28. The van der Waals surface area contributed by atoms with Crippen molar-refractivity contribution in [1.82, 2.24) is 19.9 Å². The van der Waals surface area contributed by atoms with Crippen LogP contribution in [0.1, 0.15) is 38.8 Å². The van der Waals surface area contributed by atoms with Gasteiger partial charge >= 0.3 is 12.1 Å². The van der Waals surface area contributed by atoms with E-state index in [-0.39, 0.29) is 28.1 Å². The van der Waals surface area contributed by atoms with Gasteiger partial charge in [0.25, 0.3) is 5.91 Å². The van der Waals surface area contributed by atoms with Gasteiger partial charge in [-0.25, -0.2) is 24.0 Å². The molecule has 3 aromatic rings. The number of nitrogens with two attached hydrogens (primary N) is 2. The molecule has 14 heteroatoms. The predicted molar refractivity (Wildman–Crippen MR) is 124 cm³/mol. The van der Waals surface area contributed by atoms with E-state index in [2.05, 4.69) is 15.4 Å². The molecule has 36 heavy (non-hydrogen) atoms. The summed E-state index contributed by atoms with van der Waals surface area (Å²) in [7, 11) is 0. The number of nitrogens with one attached hydrogen (secondary N) is 1. The molecule has 1 aromatic carbocycles. The number of ether oxygens (including phenoxy) is 2. The van der Waals surface area contributed by atoms with Crippen LogP contribution >= 0.6 is 0 Å². The molecule has 188 valence electrons. The van der Waals surface area contributed by atoms with Gasteiger partial charge in [0.05, 0.1) is 11.3 Å². The third-order valence-electron chi connectivity index (χ3n) is 5.26. The number of amides is 4. The number of hydrogen-bond acceptors (Lipinski definition) is 9. The van der Waals surface area contributed by atoms with E-state index >= 15 is 0 Å². The van der Waals surface area contributed by atoms with Crippen molar-refractivity contribution in [3.63, 3.8) is 0 Å². The number of aromatic nitrogens is 3. The lowest BCUT2D eigenvalue weighted by Gasteiger charge is -2.24. The number of carbonyl (C=O) groups excluding carboxylic acids is 5. The number of nitrogens with zero attached hydrogens (tertiary/aromatic N) is 4. The van der Waals surface area contributed by atoms with Gasteiger partial charge in [0.2, 0.25) is 19.1 Å². The van der Waals surface area contributed by atoms with Crippen molar-refractivity contribution in [1.29, 1.82) is 0 Å². The normalized spacial score (nSPS) is 11.4. The minimum atomic E-state index is -1.04. The van der Waals surface area contributed by atoms with Crippen LogP contribution in [-0.2, 0) is 19.1 Å². The maximum atomic E-state index is 13.3. The van der Waals surface area contributed by atoms with Gasteiger partial charge in [-0.15, -0.1) is 0 Å². The molecule has 0 spiro atoms. The van der Waals surface area contributed by atoms with E-state index in [9.17, 15) is 24.0 Å². The van der Waals surface area contributed by atoms with Crippen molar-refractivity contribution in [2.75, 3.05) is 11.7 Å². The van der Waals surface area contributed by atoms with E-state index in [1.165, 1.54) is 29.8 Å². The third-order valence-corrected chi connectivity index (χ3v) is 5.26. The molecule has 0 fully saturated rings. The Morgan fingerprint density at radius 3 is 2.53 bits per heavy atom. The zero-order valence-electron chi connectivity index (χ0n) is 19.5. The molecule has 0 aliphatic heterocycles. The molecular formula is C22H23N7O7. The third kappa shape index (κ3) is 5.06. The average Bonchev–Trinajstić information content (AvgIpc) is 3.18. The summed E-state index contributed by atoms with van der Waals surface area (Å²) in [6, 6.07) is 3.45. The summed E-state index contributed by atoms with van der Waals surface area (Å²) in [6.45, 7) is 3.86. The minimum Gasteiger partial charge on any atom is -0.426 e. The van der Waals surface area contributed by atoms with Crippen LogP contribution < -0.4 is 21.7 Å². The molecule has 0 aliphatic rings. The zero-order valence-corrected chi connectivity index (χ0v) is 19.5. The number of fused-ring (bicyclic) bond motifs is 1. The van der Waals surface area contributed by atoms with E-state index in [0.29, 0.717) is 17.5 Å². The van der Waals surface area contributed by atoms with Gasteiger partial charge in [-0.2, -0.15) is 5.10 Å². The molecule has 0 saturated heterocycles. The molecule has 0 saturated carbocycles. The summed E-state index contributed by atoms with van der Waals surface area (Å²) in [6.07, 6.45) is 1.82. The first-order valence-electron chi connectivity index (χ1n) is 10.4. The van der Waals surface area contributed by atoms with E-state index in [0.717, 1.165) is 11.2 Å². The molecule has 3 rings (SSSR count). The molecule has 5 N–H and O–H groups in total. The Morgan fingerprint density at radius 2 is 1.89 bits per heavy atom. The maximum absolute atomic E-state index is 13.3. The average molecular weight is 497 g/mol. The van der Waals surface area contributed by atoms with E-state index in [1.54, 1.807) is 19.9 Å². The van der Waals surface area contributed by atoms with Crippen molar-refractivity contribution in [3.8, 4) is 0 Å². The lowest BCUT2D eigenvalue weighted by atomic mass is 10.1. The Labute approximate surface area is 204 Å². The molecule has 1 atom stereocenters. The molecule has 0 unspecified atom stereocenters. The maximum Gasteiger partial charge on any atom is 0.423 e. The smallest absolute Gasteiger partial charge is 0.423 e. The molecule has 2 heterocycles. The quantitative estimate of drug-likeness (QED) is 0.213. The van der Waals surface area contributed by atoms with Crippen molar-refractivity contribution in [2.45, 2.75) is 26.8 Å². The second-order valence-corrected chi connectivity index (χ2v) is 7.61. The van der Waals surface area contributed by atoms with Crippen LogP contribution in [0.4, 0.5) is 16.3 Å². The SMILES string of the molecule is Cc1ccc(C(N)=O)cc1N(C(=O)OCOC(=O)[C@H](C)NC=O)c1ncnn2cc(C(N)=O)c(C)c12. The summed E-state index contributed by atoms with van der Waals surface area (Å²) in [5.74, 6) is -2.30. The number of hydrogen-bond donors (Lipinski definition) is 3. The first-order chi connectivity index (χ1) is 17.1. The van der Waals surface area contributed by atoms with Crippen LogP contribution in [0.25, 0.3) is 5.52 Å². The molecule has 0 bridgehead atoms. The van der Waals surface area contributed by atoms with Gasteiger partial charge < -0.3 is 26.3 Å². The van der Waals surface area contributed by atoms with Crippen molar-refractivity contribution < 1.29 is 33.4 Å². The number of carbonyl (C=O) groups is 5. The summed E-state index contributed by atoms with van der Waals surface area (Å²) in [5.41, 5.74) is 12.5. The monoisotopic (exact) mass is 497 g/mol. The molecule has 14 nitrogen and oxygen atoms in total. The predicted octanol–water partition coefficient (Wildman–Crippen LogP) is 0.454. The van der Waals surface area contributed by atoms with Gasteiger partial charge in [0.1, 0.15) is 17.9 Å². The molecule has 0 radical (unpaired) electrons. The van der Waals surface area contributed by atoms with Crippen LogP contribution in [-0.4, -0.2) is 57.7 Å². The number of esters is 1. The number of anilines is 2. The van der Waals surface area contributed by atoms with Gasteiger partial charge in [-0.3, -0.25) is 14.4 Å². The Hall–Kier alpha value is -5.01. The summed E-state index contributed by atoms with van der Waals surface area (Å²) >= 11 is 0. The van der Waals surface area contributed by atoms with Crippen LogP contribution in [0.2, 0.25) is 0 Å². The highest BCUT2D eigenvalue weighted by Crippen LogP contribution is 2.33. The van der Waals surface area contributed by atoms with E-state index in [4.69, 9.17) is 20.9 Å². The van der Waals surface area contributed by atoms with Gasteiger partial charge in [0.15, 0.2) is 5.82 Å². The first-order valence-corrected chi connectivity index (χ1v) is 10.4. The van der Waals surface area contributed by atoms with Crippen molar-refractivity contribution >= 4 is 47.3 Å². The van der Waals surface area contributed by atoms with Crippen LogP contribution in [0, 0.1) is 13.8 Å². The highest BCUT2D eigenvalue weighted by atomic mass is 16.7. The molecule has 0 aliphatic carbocycles. The second kappa shape index (κ2) is 10.5. The summed E-state index contributed by atoms with van der Waals surface area (Å²) < 4.78 is 11.4.